The third kappa shape index (κ3) is 6.10. The summed E-state index contributed by atoms with van der Waals surface area (Å²) in [7, 11) is 0. The van der Waals surface area contributed by atoms with Gasteiger partial charge >= 0.3 is 12.2 Å². The second-order valence-corrected chi connectivity index (χ2v) is 6.72. The molecule has 7 nitrogen and oxygen atoms in total. The van der Waals surface area contributed by atoms with E-state index in [4.69, 9.17) is 0 Å². The van der Waals surface area contributed by atoms with Gasteiger partial charge in [-0.2, -0.15) is 13.2 Å². The normalized spacial score (nSPS) is 14.8. The molecule has 2 heterocycles. The second kappa shape index (κ2) is 9.47. The minimum Gasteiger partial charge on any atom is -0.468 e. The van der Waals surface area contributed by atoms with E-state index < -0.39 is 12.8 Å². The predicted octanol–water partition coefficient (Wildman–Crippen LogP) is 3.40. The zero-order chi connectivity index (χ0) is 21.6. The summed E-state index contributed by atoms with van der Waals surface area (Å²) in [5.41, 5.74) is 0.940. The maximum Gasteiger partial charge on any atom is 0.422 e. The Bertz CT molecular complexity index is 860. The van der Waals surface area contributed by atoms with Crippen molar-refractivity contribution in [3.63, 3.8) is 0 Å². The van der Waals surface area contributed by atoms with E-state index in [-0.39, 0.29) is 17.8 Å². The molecule has 0 unspecified atom stereocenters. The smallest absolute Gasteiger partial charge is 0.422 e. The number of nitrogens with one attached hydrogen (secondary N) is 1. The van der Waals surface area contributed by atoms with E-state index in [0.717, 1.165) is 0 Å². The first-order valence-electron chi connectivity index (χ1n) is 9.38. The molecule has 0 spiro atoms. The molecule has 10 heteroatoms. The highest BCUT2D eigenvalue weighted by molar-refractivity contribution is 5.94. The minimum atomic E-state index is -4.45. The van der Waals surface area contributed by atoms with E-state index in [0.29, 0.717) is 43.9 Å². The van der Waals surface area contributed by atoms with Gasteiger partial charge in [0.15, 0.2) is 6.61 Å². The molecule has 2 aromatic rings. The van der Waals surface area contributed by atoms with Crippen LogP contribution < -0.4 is 10.1 Å². The molecule has 3 amide bonds. The summed E-state index contributed by atoms with van der Waals surface area (Å²) in [5, 5.41) is 2.66. The van der Waals surface area contributed by atoms with Gasteiger partial charge in [-0.15, -0.1) is 0 Å². The molecule has 160 valence electrons. The summed E-state index contributed by atoms with van der Waals surface area (Å²) in [5.74, 6) is -0.258. The molecule has 0 bridgehead atoms. The third-order valence-electron chi connectivity index (χ3n) is 4.46. The third-order valence-corrected chi connectivity index (χ3v) is 4.46. The Morgan fingerprint density at radius 1 is 1.00 bits per heavy atom. The van der Waals surface area contributed by atoms with Crippen LogP contribution in [0.2, 0.25) is 0 Å². The predicted molar refractivity (Wildman–Crippen MR) is 103 cm³/mol. The number of rotatable bonds is 4. The lowest BCUT2D eigenvalue weighted by Crippen LogP contribution is -2.39. The van der Waals surface area contributed by atoms with E-state index in [2.05, 4.69) is 15.0 Å². The van der Waals surface area contributed by atoms with Crippen molar-refractivity contribution in [3.05, 3.63) is 54.2 Å². The number of urea groups is 1. The van der Waals surface area contributed by atoms with Crippen LogP contribution in [0.25, 0.3) is 0 Å². The molecule has 1 fully saturated rings. The van der Waals surface area contributed by atoms with Crippen molar-refractivity contribution < 1.29 is 27.5 Å². The molecular weight excluding hydrogens is 401 g/mol. The van der Waals surface area contributed by atoms with Gasteiger partial charge in [0.05, 0.1) is 11.9 Å². The van der Waals surface area contributed by atoms with Gasteiger partial charge in [-0.25, -0.2) is 9.78 Å². The molecule has 3 rings (SSSR count). The minimum absolute atomic E-state index is 0.0727. The van der Waals surface area contributed by atoms with Gasteiger partial charge in [0, 0.05) is 37.8 Å². The van der Waals surface area contributed by atoms with E-state index >= 15 is 0 Å². The molecular formula is C20H21F3N4O3. The van der Waals surface area contributed by atoms with Gasteiger partial charge < -0.3 is 19.9 Å². The molecule has 1 aromatic heterocycles. The van der Waals surface area contributed by atoms with Gasteiger partial charge in [-0.3, -0.25) is 4.79 Å². The largest absolute Gasteiger partial charge is 0.468 e. The quantitative estimate of drug-likeness (QED) is 0.820. The summed E-state index contributed by atoms with van der Waals surface area (Å²) in [6.45, 7) is 0.362. The molecule has 1 saturated heterocycles. The van der Waals surface area contributed by atoms with Crippen LogP contribution in [-0.4, -0.2) is 65.7 Å². The fourth-order valence-corrected chi connectivity index (χ4v) is 2.98. The average molecular weight is 422 g/mol. The van der Waals surface area contributed by atoms with Gasteiger partial charge in [0.25, 0.3) is 5.91 Å². The number of carbonyl (C=O) groups excluding carboxylic acids is 2. The number of alkyl halides is 3. The second-order valence-electron chi connectivity index (χ2n) is 6.72. The van der Waals surface area contributed by atoms with Crippen LogP contribution in [0.1, 0.15) is 16.8 Å². The molecule has 0 saturated carbocycles. The standard InChI is InChI=1S/C20H21F3N4O3/c21-20(22,23)14-30-17-8-7-16(13-24-17)25-19(29)27-10-4-9-26(11-12-27)18(28)15-5-2-1-3-6-15/h1-3,5-8,13H,4,9-12,14H2,(H,25,29). The molecule has 1 N–H and O–H groups in total. The average Bonchev–Trinajstić information content (AvgIpc) is 2.99. The monoisotopic (exact) mass is 422 g/mol. The number of halogens is 3. The zero-order valence-electron chi connectivity index (χ0n) is 16.1. The van der Waals surface area contributed by atoms with Crippen LogP contribution in [0.5, 0.6) is 5.88 Å². The lowest BCUT2D eigenvalue weighted by molar-refractivity contribution is -0.154. The van der Waals surface area contributed by atoms with Crippen LogP contribution in [0, 0.1) is 0 Å². The van der Waals surface area contributed by atoms with Crippen LogP contribution in [0.15, 0.2) is 48.7 Å². The lowest BCUT2D eigenvalue weighted by atomic mass is 10.2. The number of carbonyl (C=O) groups is 2. The number of amides is 3. The zero-order valence-corrected chi connectivity index (χ0v) is 16.1. The van der Waals surface area contributed by atoms with Crippen LogP contribution in [0.3, 0.4) is 0 Å². The van der Waals surface area contributed by atoms with Crippen molar-refractivity contribution in [1.29, 1.82) is 0 Å². The summed E-state index contributed by atoms with van der Waals surface area (Å²) in [4.78, 5) is 32.2. The molecule has 30 heavy (non-hydrogen) atoms. The molecule has 0 atom stereocenters. The van der Waals surface area contributed by atoms with E-state index in [1.807, 2.05) is 6.07 Å². The fourth-order valence-electron chi connectivity index (χ4n) is 2.98. The van der Waals surface area contributed by atoms with Gasteiger partial charge in [0.2, 0.25) is 5.88 Å². The van der Waals surface area contributed by atoms with Gasteiger partial charge in [-0.1, -0.05) is 18.2 Å². The Morgan fingerprint density at radius 3 is 2.37 bits per heavy atom. The fraction of sp³-hybridized carbons (Fsp3) is 0.350. The Hall–Kier alpha value is -3.30. The van der Waals surface area contributed by atoms with Crippen molar-refractivity contribution in [2.24, 2.45) is 0 Å². The van der Waals surface area contributed by atoms with Crippen molar-refractivity contribution >= 4 is 17.6 Å². The van der Waals surface area contributed by atoms with Gasteiger partial charge in [0.1, 0.15) is 0 Å². The Morgan fingerprint density at radius 2 is 1.70 bits per heavy atom. The number of pyridine rings is 1. The van der Waals surface area contributed by atoms with Crippen molar-refractivity contribution in [1.82, 2.24) is 14.8 Å². The first kappa shape index (κ1) is 21.4. The summed E-state index contributed by atoms with van der Waals surface area (Å²) >= 11 is 0. The van der Waals surface area contributed by atoms with Crippen LogP contribution >= 0.6 is 0 Å². The Balaban J connectivity index is 1.52. The number of hydrogen-bond acceptors (Lipinski definition) is 4. The number of aromatic nitrogens is 1. The number of anilines is 1. The highest BCUT2D eigenvalue weighted by Gasteiger charge is 2.28. The van der Waals surface area contributed by atoms with Crippen molar-refractivity contribution in [3.8, 4) is 5.88 Å². The molecule has 0 radical (unpaired) electrons. The summed E-state index contributed by atoms with van der Waals surface area (Å²) in [6.07, 6.45) is -2.59. The van der Waals surface area contributed by atoms with Crippen LogP contribution in [-0.2, 0) is 0 Å². The Kier molecular flexibility index (Phi) is 6.76. The SMILES string of the molecule is O=C(Nc1ccc(OCC(F)(F)F)nc1)N1CCCN(C(=O)c2ccccc2)CC1. The maximum atomic E-state index is 12.6. The maximum absolute atomic E-state index is 12.6. The highest BCUT2D eigenvalue weighted by Crippen LogP contribution is 2.18. The topological polar surface area (TPSA) is 74.8 Å². The number of ether oxygens (including phenoxy) is 1. The van der Waals surface area contributed by atoms with E-state index in [1.54, 1.807) is 34.1 Å². The van der Waals surface area contributed by atoms with E-state index in [1.165, 1.54) is 18.3 Å². The molecule has 1 aliphatic heterocycles. The molecule has 1 aliphatic rings. The van der Waals surface area contributed by atoms with Gasteiger partial charge in [-0.05, 0) is 24.6 Å². The lowest BCUT2D eigenvalue weighted by Gasteiger charge is -2.22. The Labute approximate surface area is 171 Å². The van der Waals surface area contributed by atoms with E-state index in [9.17, 15) is 22.8 Å². The van der Waals surface area contributed by atoms with Crippen molar-refractivity contribution in [2.75, 3.05) is 38.1 Å². The molecule has 0 aliphatic carbocycles. The van der Waals surface area contributed by atoms with Crippen LogP contribution in [0.4, 0.5) is 23.7 Å². The number of hydrogen-bond donors (Lipinski definition) is 1. The summed E-state index contributed by atoms with van der Waals surface area (Å²) in [6, 6.07) is 11.3. The first-order chi connectivity index (χ1) is 14.3. The molecule has 1 aromatic carbocycles. The number of benzene rings is 1. The summed E-state index contributed by atoms with van der Waals surface area (Å²) < 4.78 is 41.0. The first-order valence-corrected chi connectivity index (χ1v) is 9.38. The highest BCUT2D eigenvalue weighted by atomic mass is 19.4. The number of nitrogens with zero attached hydrogens (tertiary/aromatic N) is 3. The van der Waals surface area contributed by atoms with Crippen molar-refractivity contribution in [2.45, 2.75) is 12.6 Å².